The van der Waals surface area contributed by atoms with Crippen LogP contribution in [0.25, 0.3) is 0 Å². The van der Waals surface area contributed by atoms with Gasteiger partial charge in [-0.25, -0.2) is 21.6 Å². The van der Waals surface area contributed by atoms with Crippen LogP contribution in [-0.4, -0.2) is 39.8 Å². The lowest BCUT2D eigenvalue weighted by molar-refractivity contribution is 0.246. The molecule has 1 N–H and O–H groups in total. The minimum atomic E-state index is -3.63. The fourth-order valence-corrected chi connectivity index (χ4v) is 8.37. The smallest absolute Gasteiger partial charge is 0.208 e. The average Bonchev–Trinajstić information content (AvgIpc) is 3.30. The van der Waals surface area contributed by atoms with Crippen molar-refractivity contribution in [2.24, 2.45) is 11.8 Å². The zero-order valence-corrected chi connectivity index (χ0v) is 18.0. The maximum Gasteiger partial charge on any atom is 0.243 e. The average molecular weight is 427 g/mol. The summed E-state index contributed by atoms with van der Waals surface area (Å²) in [5.41, 5.74) is 0. The van der Waals surface area contributed by atoms with Crippen LogP contribution < -0.4 is 4.72 Å². The van der Waals surface area contributed by atoms with Gasteiger partial charge in [0.05, 0.1) is 9.79 Å². The van der Waals surface area contributed by atoms with E-state index in [0.717, 1.165) is 44.9 Å². The van der Waals surface area contributed by atoms with Gasteiger partial charge in [-0.3, -0.25) is 0 Å². The first-order chi connectivity index (χ1) is 13.3. The first kappa shape index (κ1) is 20.3. The quantitative estimate of drug-likeness (QED) is 0.758. The standard InChI is InChI=1S/C20H30N2O4S2/c1-2-17-5-3-4-12-22(17)28(25,26)19-10-8-18(9-11-19)27(23,24)21-20-14-15-6-7-16(20)13-15/h8-11,15-17,20-21H,2-7,12-14H2,1H3/t15-,16+,17+,20+/m1/s1. The summed E-state index contributed by atoms with van der Waals surface area (Å²) in [6, 6.07) is 5.77. The van der Waals surface area contributed by atoms with Crippen molar-refractivity contribution in [2.45, 2.75) is 80.2 Å². The lowest BCUT2D eigenvalue weighted by Gasteiger charge is -2.34. The first-order valence-electron chi connectivity index (χ1n) is 10.5. The van der Waals surface area contributed by atoms with Gasteiger partial charge >= 0.3 is 0 Å². The Balaban J connectivity index is 1.51. The summed E-state index contributed by atoms with van der Waals surface area (Å²) in [7, 11) is -7.22. The summed E-state index contributed by atoms with van der Waals surface area (Å²) < 4.78 is 56.0. The third kappa shape index (κ3) is 3.76. The Bertz CT molecular complexity index is 912. The molecule has 3 fully saturated rings. The molecule has 0 radical (unpaired) electrons. The molecular formula is C20H30N2O4S2. The Morgan fingerprint density at radius 1 is 0.964 bits per heavy atom. The number of fused-ring (bicyclic) bond motifs is 2. The van der Waals surface area contributed by atoms with E-state index in [1.54, 1.807) is 4.31 Å². The number of hydrogen-bond acceptors (Lipinski definition) is 4. The Morgan fingerprint density at radius 2 is 1.68 bits per heavy atom. The molecule has 2 aliphatic carbocycles. The number of rotatable bonds is 6. The van der Waals surface area contributed by atoms with Gasteiger partial charge in [0, 0.05) is 18.6 Å². The van der Waals surface area contributed by atoms with Crippen LogP contribution in [0.4, 0.5) is 0 Å². The second kappa shape index (κ2) is 7.70. The van der Waals surface area contributed by atoms with Gasteiger partial charge < -0.3 is 0 Å². The molecule has 1 heterocycles. The molecule has 0 aromatic heterocycles. The van der Waals surface area contributed by atoms with E-state index in [1.165, 1.54) is 30.7 Å². The van der Waals surface area contributed by atoms with Gasteiger partial charge in [0.1, 0.15) is 0 Å². The van der Waals surface area contributed by atoms with Crippen molar-refractivity contribution in [3.05, 3.63) is 24.3 Å². The van der Waals surface area contributed by atoms with E-state index in [2.05, 4.69) is 4.72 Å². The Morgan fingerprint density at radius 3 is 2.29 bits per heavy atom. The van der Waals surface area contributed by atoms with Gasteiger partial charge in [-0.2, -0.15) is 4.31 Å². The lowest BCUT2D eigenvalue weighted by Crippen LogP contribution is -2.43. The summed E-state index contributed by atoms with van der Waals surface area (Å²) in [5, 5.41) is 0. The lowest BCUT2D eigenvalue weighted by atomic mass is 9.96. The van der Waals surface area contributed by atoms with Crippen molar-refractivity contribution in [3.63, 3.8) is 0 Å². The third-order valence-electron chi connectivity index (χ3n) is 6.83. The van der Waals surface area contributed by atoms with E-state index in [-0.39, 0.29) is 21.9 Å². The topological polar surface area (TPSA) is 83.6 Å². The van der Waals surface area contributed by atoms with Crippen LogP contribution in [0.5, 0.6) is 0 Å². The van der Waals surface area contributed by atoms with Gasteiger partial charge in [0.15, 0.2) is 0 Å². The van der Waals surface area contributed by atoms with Crippen LogP contribution in [0, 0.1) is 11.8 Å². The fraction of sp³-hybridized carbons (Fsp3) is 0.700. The predicted molar refractivity (Wildman–Crippen MR) is 108 cm³/mol. The van der Waals surface area contributed by atoms with Gasteiger partial charge in [-0.1, -0.05) is 19.8 Å². The summed E-state index contributed by atoms with van der Waals surface area (Å²) >= 11 is 0. The molecule has 0 unspecified atom stereocenters. The van der Waals surface area contributed by atoms with Crippen molar-refractivity contribution in [1.82, 2.24) is 9.03 Å². The fourth-order valence-electron chi connectivity index (χ4n) is 5.28. The Hall–Kier alpha value is -0.960. The normalized spacial score (nSPS) is 31.3. The highest BCUT2D eigenvalue weighted by Crippen LogP contribution is 2.44. The van der Waals surface area contributed by atoms with Crippen LogP contribution in [0.15, 0.2) is 34.1 Å². The van der Waals surface area contributed by atoms with Crippen molar-refractivity contribution < 1.29 is 16.8 Å². The molecule has 0 amide bonds. The summed E-state index contributed by atoms with van der Waals surface area (Å²) in [6.45, 7) is 2.54. The number of nitrogens with zero attached hydrogens (tertiary/aromatic N) is 1. The van der Waals surface area contributed by atoms with E-state index >= 15 is 0 Å². The molecule has 1 saturated heterocycles. The van der Waals surface area contributed by atoms with Crippen LogP contribution in [0.3, 0.4) is 0 Å². The molecule has 4 rings (SSSR count). The van der Waals surface area contributed by atoms with Crippen molar-refractivity contribution in [2.75, 3.05) is 6.54 Å². The number of benzene rings is 1. The highest BCUT2D eigenvalue weighted by molar-refractivity contribution is 7.89. The number of hydrogen-bond donors (Lipinski definition) is 1. The minimum Gasteiger partial charge on any atom is -0.208 e. The van der Waals surface area contributed by atoms with E-state index in [0.29, 0.717) is 18.4 Å². The molecular weight excluding hydrogens is 396 g/mol. The highest BCUT2D eigenvalue weighted by atomic mass is 32.2. The molecule has 28 heavy (non-hydrogen) atoms. The molecule has 1 aromatic carbocycles. The second-order valence-corrected chi connectivity index (χ2v) is 12.2. The largest absolute Gasteiger partial charge is 0.243 e. The van der Waals surface area contributed by atoms with Crippen LogP contribution in [-0.2, 0) is 20.0 Å². The van der Waals surface area contributed by atoms with Crippen molar-refractivity contribution in [1.29, 1.82) is 0 Å². The Kier molecular flexibility index (Phi) is 5.59. The molecule has 156 valence electrons. The zero-order chi connectivity index (χ0) is 19.9. The molecule has 0 spiro atoms. The molecule has 3 aliphatic rings. The maximum absolute atomic E-state index is 13.0. The molecule has 6 nitrogen and oxygen atoms in total. The molecule has 2 saturated carbocycles. The van der Waals surface area contributed by atoms with Crippen LogP contribution in [0.1, 0.15) is 58.3 Å². The van der Waals surface area contributed by atoms with Crippen molar-refractivity contribution in [3.8, 4) is 0 Å². The predicted octanol–water partition coefficient (Wildman–Crippen LogP) is 3.11. The molecule has 8 heteroatoms. The van der Waals surface area contributed by atoms with Crippen molar-refractivity contribution >= 4 is 20.0 Å². The third-order valence-corrected chi connectivity index (χ3v) is 10.3. The first-order valence-corrected chi connectivity index (χ1v) is 13.4. The molecule has 2 bridgehead atoms. The van der Waals surface area contributed by atoms with E-state index in [1.807, 2.05) is 6.92 Å². The van der Waals surface area contributed by atoms with Gasteiger partial charge in [0.25, 0.3) is 0 Å². The number of nitrogens with one attached hydrogen (secondary N) is 1. The molecule has 4 atom stereocenters. The van der Waals surface area contributed by atoms with Gasteiger partial charge in [0.2, 0.25) is 20.0 Å². The second-order valence-electron chi connectivity index (χ2n) is 8.55. The number of piperidine rings is 1. The van der Waals surface area contributed by atoms with E-state index in [9.17, 15) is 16.8 Å². The van der Waals surface area contributed by atoms with Gasteiger partial charge in [-0.05, 0) is 74.6 Å². The summed E-state index contributed by atoms with van der Waals surface area (Å²) in [4.78, 5) is 0.312. The van der Waals surface area contributed by atoms with Gasteiger partial charge in [-0.15, -0.1) is 0 Å². The zero-order valence-electron chi connectivity index (χ0n) is 16.4. The maximum atomic E-state index is 13.0. The van der Waals surface area contributed by atoms with E-state index < -0.39 is 20.0 Å². The monoisotopic (exact) mass is 426 g/mol. The number of sulfonamides is 2. The molecule has 1 aliphatic heterocycles. The Labute approximate surface area is 168 Å². The minimum absolute atomic E-state index is 0.0193. The van der Waals surface area contributed by atoms with Crippen LogP contribution >= 0.6 is 0 Å². The summed E-state index contributed by atoms with van der Waals surface area (Å²) in [6.07, 6.45) is 7.96. The molecule has 1 aromatic rings. The van der Waals surface area contributed by atoms with Crippen LogP contribution in [0.2, 0.25) is 0 Å². The highest BCUT2D eigenvalue weighted by Gasteiger charge is 2.41. The SMILES string of the molecule is CC[C@H]1CCCCN1S(=O)(=O)c1ccc(S(=O)(=O)N[C@H]2C[C@@H]3CC[C@H]2C3)cc1. The van der Waals surface area contributed by atoms with E-state index in [4.69, 9.17) is 0 Å². The summed E-state index contributed by atoms with van der Waals surface area (Å²) in [5.74, 6) is 1.10.